The molecule has 0 bridgehead atoms. The second-order valence-corrected chi connectivity index (χ2v) is 2.75. The van der Waals surface area contributed by atoms with Crippen LogP contribution in [0.4, 0.5) is 0 Å². The van der Waals surface area contributed by atoms with Crippen LogP contribution >= 0.6 is 0 Å². The van der Waals surface area contributed by atoms with E-state index in [1.807, 2.05) is 28.8 Å². The molecule has 0 aliphatic rings. The number of nitriles is 1. The van der Waals surface area contributed by atoms with E-state index in [0.29, 0.717) is 6.42 Å². The van der Waals surface area contributed by atoms with E-state index in [1.165, 1.54) is 0 Å². The van der Waals surface area contributed by atoms with E-state index in [4.69, 9.17) is 5.26 Å². The highest BCUT2D eigenvalue weighted by atomic mass is 15.0. The molecule has 0 fully saturated rings. The van der Waals surface area contributed by atoms with E-state index >= 15 is 0 Å². The minimum atomic E-state index is 0.415. The zero-order chi connectivity index (χ0) is 9.80. The van der Waals surface area contributed by atoms with Crippen molar-refractivity contribution in [3.05, 3.63) is 36.6 Å². The van der Waals surface area contributed by atoms with Gasteiger partial charge in [-0.05, 0) is 6.08 Å². The Kier molecular flexibility index (Phi) is 2.24. The van der Waals surface area contributed by atoms with Crippen molar-refractivity contribution in [2.45, 2.75) is 6.42 Å². The smallest absolute Gasteiger partial charge is 0.155 e. The fourth-order valence-corrected chi connectivity index (χ4v) is 1.22. The monoisotopic (exact) mass is 184 g/mol. The summed E-state index contributed by atoms with van der Waals surface area (Å²) in [5.74, 6) is 0. The van der Waals surface area contributed by atoms with Crippen molar-refractivity contribution in [3.63, 3.8) is 0 Å². The summed E-state index contributed by atoms with van der Waals surface area (Å²) in [6.45, 7) is 0. The molecular weight excluding hydrogens is 176 g/mol. The quantitative estimate of drug-likeness (QED) is 0.713. The van der Waals surface area contributed by atoms with Crippen LogP contribution in [0.5, 0.6) is 0 Å². The molecule has 0 radical (unpaired) electrons. The molecule has 0 N–H and O–H groups in total. The topological polar surface area (TPSA) is 54.0 Å². The van der Waals surface area contributed by atoms with Crippen molar-refractivity contribution in [3.8, 4) is 6.07 Å². The minimum Gasteiger partial charge on any atom is -0.297 e. The van der Waals surface area contributed by atoms with Crippen LogP contribution in [0.3, 0.4) is 0 Å². The van der Waals surface area contributed by atoms with Gasteiger partial charge in [-0.2, -0.15) is 5.26 Å². The summed E-state index contributed by atoms with van der Waals surface area (Å²) in [5.41, 5.74) is 1.77. The number of hydrogen-bond acceptors (Lipinski definition) is 3. The van der Waals surface area contributed by atoms with Gasteiger partial charge in [0.2, 0.25) is 0 Å². The summed E-state index contributed by atoms with van der Waals surface area (Å²) < 4.78 is 1.92. The Bertz CT molecular complexity index is 504. The third-order valence-electron chi connectivity index (χ3n) is 1.84. The Morgan fingerprint density at radius 1 is 1.50 bits per heavy atom. The standard InChI is InChI=1S/C10H8N4/c11-4-2-1-3-9-7-13-10-8-12-5-6-14(9)10/h1,3,5-8H,2H2. The molecular formula is C10H8N4. The van der Waals surface area contributed by atoms with Crippen LogP contribution in [0.1, 0.15) is 12.1 Å². The van der Waals surface area contributed by atoms with Crippen molar-refractivity contribution in [2.24, 2.45) is 0 Å². The molecule has 0 aliphatic heterocycles. The Labute approximate surface area is 81.2 Å². The molecule has 0 aromatic carbocycles. The van der Waals surface area contributed by atoms with E-state index in [0.717, 1.165) is 11.3 Å². The summed E-state index contributed by atoms with van der Waals surface area (Å²) in [6, 6.07) is 2.05. The first-order chi connectivity index (χ1) is 6.92. The van der Waals surface area contributed by atoms with E-state index in [1.54, 1.807) is 18.6 Å². The molecule has 0 saturated heterocycles. The second-order valence-electron chi connectivity index (χ2n) is 2.75. The lowest BCUT2D eigenvalue weighted by Gasteiger charge is -1.93. The van der Waals surface area contributed by atoms with Gasteiger partial charge in [0.15, 0.2) is 5.65 Å². The number of imidazole rings is 1. The second kappa shape index (κ2) is 3.71. The molecule has 2 aromatic rings. The van der Waals surface area contributed by atoms with Gasteiger partial charge in [0, 0.05) is 12.4 Å². The summed E-state index contributed by atoms with van der Waals surface area (Å²) >= 11 is 0. The van der Waals surface area contributed by atoms with Gasteiger partial charge in [-0.15, -0.1) is 0 Å². The summed E-state index contributed by atoms with van der Waals surface area (Å²) in [7, 11) is 0. The van der Waals surface area contributed by atoms with Gasteiger partial charge in [-0.25, -0.2) is 4.98 Å². The number of allylic oxidation sites excluding steroid dienone is 1. The molecule has 0 saturated carbocycles. The summed E-state index contributed by atoms with van der Waals surface area (Å²) in [6.07, 6.45) is 11.1. The number of fused-ring (bicyclic) bond motifs is 1. The number of rotatable bonds is 2. The lowest BCUT2D eigenvalue weighted by atomic mass is 10.3. The number of nitrogens with zero attached hydrogens (tertiary/aromatic N) is 4. The van der Waals surface area contributed by atoms with Gasteiger partial charge >= 0.3 is 0 Å². The largest absolute Gasteiger partial charge is 0.297 e. The van der Waals surface area contributed by atoms with Gasteiger partial charge < -0.3 is 0 Å². The van der Waals surface area contributed by atoms with Crippen molar-refractivity contribution in [1.82, 2.24) is 14.4 Å². The maximum absolute atomic E-state index is 8.37. The fraction of sp³-hybridized carbons (Fsp3) is 0.100. The lowest BCUT2D eigenvalue weighted by Crippen LogP contribution is -1.86. The maximum atomic E-state index is 8.37. The van der Waals surface area contributed by atoms with Crippen molar-refractivity contribution in [2.75, 3.05) is 0 Å². The molecule has 2 heterocycles. The van der Waals surface area contributed by atoms with Crippen LogP contribution in [0.2, 0.25) is 0 Å². The molecule has 14 heavy (non-hydrogen) atoms. The molecule has 0 atom stereocenters. The number of hydrogen-bond donors (Lipinski definition) is 0. The van der Waals surface area contributed by atoms with Crippen LogP contribution in [0.25, 0.3) is 11.7 Å². The molecule has 68 valence electrons. The molecule has 0 amide bonds. The zero-order valence-corrected chi connectivity index (χ0v) is 7.46. The summed E-state index contributed by atoms with van der Waals surface area (Å²) in [4.78, 5) is 8.13. The van der Waals surface area contributed by atoms with Gasteiger partial charge in [-0.3, -0.25) is 9.38 Å². The molecule has 2 aromatic heterocycles. The van der Waals surface area contributed by atoms with Crippen LogP contribution < -0.4 is 0 Å². The van der Waals surface area contributed by atoms with E-state index in [9.17, 15) is 0 Å². The average molecular weight is 184 g/mol. The Morgan fingerprint density at radius 3 is 3.29 bits per heavy atom. The van der Waals surface area contributed by atoms with Crippen LogP contribution in [0.15, 0.2) is 30.9 Å². The maximum Gasteiger partial charge on any atom is 0.155 e. The highest BCUT2D eigenvalue weighted by Crippen LogP contribution is 2.06. The molecule has 0 aliphatic carbocycles. The van der Waals surface area contributed by atoms with Crippen LogP contribution in [-0.4, -0.2) is 14.4 Å². The fourth-order valence-electron chi connectivity index (χ4n) is 1.22. The van der Waals surface area contributed by atoms with Crippen molar-refractivity contribution < 1.29 is 0 Å². The molecule has 4 nitrogen and oxygen atoms in total. The first-order valence-electron chi connectivity index (χ1n) is 4.22. The summed E-state index contributed by atoms with van der Waals surface area (Å²) in [5, 5.41) is 8.37. The molecule has 4 heteroatoms. The van der Waals surface area contributed by atoms with E-state index in [-0.39, 0.29) is 0 Å². The molecule has 0 spiro atoms. The predicted octanol–water partition coefficient (Wildman–Crippen LogP) is 1.66. The minimum absolute atomic E-state index is 0.415. The average Bonchev–Trinajstić information content (AvgIpc) is 2.63. The first-order valence-corrected chi connectivity index (χ1v) is 4.22. The predicted molar refractivity (Wildman–Crippen MR) is 52.3 cm³/mol. The highest BCUT2D eigenvalue weighted by Gasteiger charge is 1.97. The lowest BCUT2D eigenvalue weighted by molar-refractivity contribution is 1.11. The van der Waals surface area contributed by atoms with Crippen molar-refractivity contribution >= 4 is 11.7 Å². The zero-order valence-electron chi connectivity index (χ0n) is 7.46. The SMILES string of the molecule is N#CCC=Cc1cnc2cnccn12. The van der Waals surface area contributed by atoms with Gasteiger partial charge in [0.25, 0.3) is 0 Å². The third-order valence-corrected chi connectivity index (χ3v) is 1.84. The first kappa shape index (κ1) is 8.45. The van der Waals surface area contributed by atoms with Crippen LogP contribution in [0, 0.1) is 11.3 Å². The van der Waals surface area contributed by atoms with Crippen LogP contribution in [-0.2, 0) is 0 Å². The third kappa shape index (κ3) is 1.48. The van der Waals surface area contributed by atoms with Gasteiger partial charge in [-0.1, -0.05) is 6.08 Å². The Balaban J connectivity index is 2.39. The van der Waals surface area contributed by atoms with Gasteiger partial charge in [0.05, 0.1) is 30.6 Å². The Morgan fingerprint density at radius 2 is 2.43 bits per heavy atom. The van der Waals surface area contributed by atoms with Crippen molar-refractivity contribution in [1.29, 1.82) is 5.26 Å². The normalized spacial score (nSPS) is 10.8. The van der Waals surface area contributed by atoms with Gasteiger partial charge in [0.1, 0.15) is 0 Å². The number of aromatic nitrogens is 3. The van der Waals surface area contributed by atoms with E-state index in [2.05, 4.69) is 9.97 Å². The molecule has 2 rings (SSSR count). The highest BCUT2D eigenvalue weighted by molar-refractivity contribution is 5.51. The Hall–Kier alpha value is -2.15. The van der Waals surface area contributed by atoms with E-state index < -0.39 is 0 Å². The molecule has 0 unspecified atom stereocenters.